The van der Waals surface area contributed by atoms with E-state index in [4.69, 9.17) is 27.9 Å². The van der Waals surface area contributed by atoms with Crippen LogP contribution in [-0.2, 0) is 11.3 Å². The van der Waals surface area contributed by atoms with Gasteiger partial charge in [-0.2, -0.15) is 0 Å². The summed E-state index contributed by atoms with van der Waals surface area (Å²) in [6.45, 7) is 5.32. The van der Waals surface area contributed by atoms with Gasteiger partial charge in [0, 0.05) is 29.7 Å². The number of anilines is 2. The summed E-state index contributed by atoms with van der Waals surface area (Å²) in [5.41, 5.74) is 1.73. The number of amides is 2. The van der Waals surface area contributed by atoms with Gasteiger partial charge in [-0.15, -0.1) is 0 Å². The number of ether oxygens (including phenoxy) is 1. The molecule has 1 fully saturated rings. The van der Waals surface area contributed by atoms with Gasteiger partial charge < -0.3 is 24.8 Å². The number of morpholine rings is 1. The Morgan fingerprint density at radius 1 is 1.18 bits per heavy atom. The molecule has 33 heavy (non-hydrogen) atoms. The van der Waals surface area contributed by atoms with Gasteiger partial charge in [-0.1, -0.05) is 30.1 Å². The van der Waals surface area contributed by atoms with Gasteiger partial charge in [-0.05, 0) is 42.8 Å². The first-order valence-corrected chi connectivity index (χ1v) is 11.6. The van der Waals surface area contributed by atoms with E-state index in [1.165, 1.54) is 0 Å². The Morgan fingerprint density at radius 2 is 1.91 bits per heavy atom. The van der Waals surface area contributed by atoms with Crippen LogP contribution in [-0.4, -0.2) is 53.7 Å². The summed E-state index contributed by atoms with van der Waals surface area (Å²) in [6, 6.07) is 10.1. The lowest BCUT2D eigenvalue weighted by Crippen LogP contribution is -2.38. The number of halogens is 2. The van der Waals surface area contributed by atoms with Crippen molar-refractivity contribution < 1.29 is 9.53 Å². The number of nitrogens with one attached hydrogen (secondary N) is 2. The molecule has 0 radical (unpaired) electrons. The Balaban J connectivity index is 1.58. The van der Waals surface area contributed by atoms with Crippen LogP contribution in [0, 0.1) is 0 Å². The summed E-state index contributed by atoms with van der Waals surface area (Å²) >= 11 is 12.3. The first kappa shape index (κ1) is 23.4. The number of hydrogen-bond donors (Lipinski definition) is 2. The normalized spacial score (nSPS) is 13.8. The predicted molar refractivity (Wildman–Crippen MR) is 132 cm³/mol. The molecule has 2 heterocycles. The second-order valence-corrected chi connectivity index (χ2v) is 8.66. The number of benzene rings is 2. The molecule has 8 nitrogen and oxygen atoms in total. The van der Waals surface area contributed by atoms with Crippen molar-refractivity contribution in [2.45, 2.75) is 19.9 Å². The number of aromatic nitrogens is 2. The molecule has 0 aliphatic carbocycles. The summed E-state index contributed by atoms with van der Waals surface area (Å²) in [5.74, 6) is 0.387. The summed E-state index contributed by atoms with van der Waals surface area (Å²) in [5, 5.41) is 4.46. The zero-order valence-corrected chi connectivity index (χ0v) is 19.7. The Hall–Kier alpha value is -2.81. The van der Waals surface area contributed by atoms with Crippen molar-refractivity contribution in [3.05, 3.63) is 62.6 Å². The number of urea groups is 1. The smallest absolute Gasteiger partial charge is 0.322 e. The number of fused-ring (bicyclic) bond motifs is 1. The lowest BCUT2D eigenvalue weighted by molar-refractivity contribution is 0.123. The van der Waals surface area contributed by atoms with E-state index in [1.54, 1.807) is 35.2 Å². The molecule has 0 atom stereocenters. The molecule has 1 aromatic heterocycles. The molecule has 1 aliphatic heterocycles. The lowest BCUT2D eigenvalue weighted by atomic mass is 10.2. The molecule has 0 spiro atoms. The van der Waals surface area contributed by atoms with Gasteiger partial charge in [-0.3, -0.25) is 4.79 Å². The Labute approximate surface area is 201 Å². The highest BCUT2D eigenvalue weighted by molar-refractivity contribution is 6.31. The van der Waals surface area contributed by atoms with E-state index in [1.807, 2.05) is 13.0 Å². The van der Waals surface area contributed by atoms with Crippen LogP contribution < -0.4 is 15.8 Å². The Morgan fingerprint density at radius 3 is 2.67 bits per heavy atom. The van der Waals surface area contributed by atoms with E-state index >= 15 is 0 Å². The molecule has 2 N–H and O–H groups in total. The van der Waals surface area contributed by atoms with E-state index in [-0.39, 0.29) is 18.1 Å². The summed E-state index contributed by atoms with van der Waals surface area (Å²) < 4.78 is 5.44. The van der Waals surface area contributed by atoms with E-state index < -0.39 is 0 Å². The van der Waals surface area contributed by atoms with Gasteiger partial charge >= 0.3 is 6.03 Å². The number of H-pyrrole nitrogens is 1. The molecular formula is C23H25Cl2N5O3. The molecule has 4 rings (SSSR count). The number of rotatable bonds is 6. The lowest BCUT2D eigenvalue weighted by Gasteiger charge is -2.31. The van der Waals surface area contributed by atoms with Crippen LogP contribution in [0.25, 0.3) is 10.9 Å². The maximum Gasteiger partial charge on any atom is 0.322 e. The van der Waals surface area contributed by atoms with Gasteiger partial charge in [-0.25, -0.2) is 9.78 Å². The minimum Gasteiger partial charge on any atom is -0.378 e. The fourth-order valence-electron chi connectivity index (χ4n) is 3.82. The third kappa shape index (κ3) is 5.58. The number of hydrogen-bond acceptors (Lipinski definition) is 5. The first-order valence-electron chi connectivity index (χ1n) is 10.8. The fourth-order valence-corrected chi connectivity index (χ4v) is 4.16. The van der Waals surface area contributed by atoms with Gasteiger partial charge in [0.05, 0.1) is 42.0 Å². The second kappa shape index (κ2) is 10.4. The third-order valence-corrected chi connectivity index (χ3v) is 5.86. The molecule has 1 aliphatic rings. The largest absolute Gasteiger partial charge is 0.378 e. The quantitative estimate of drug-likeness (QED) is 0.531. The molecule has 3 aromatic rings. The van der Waals surface area contributed by atoms with Crippen molar-refractivity contribution >= 4 is 51.5 Å². The van der Waals surface area contributed by atoms with Crippen molar-refractivity contribution in [3.63, 3.8) is 0 Å². The zero-order valence-electron chi connectivity index (χ0n) is 18.2. The number of carbonyl (C=O) groups excluding carboxylic acids is 1. The predicted octanol–water partition coefficient (Wildman–Crippen LogP) is 4.51. The summed E-state index contributed by atoms with van der Waals surface area (Å²) in [7, 11) is 0. The fraction of sp³-hybridized carbons (Fsp3) is 0.348. The Bertz CT molecular complexity index is 1210. The van der Waals surface area contributed by atoms with E-state index in [0.717, 1.165) is 25.2 Å². The van der Waals surface area contributed by atoms with Crippen LogP contribution >= 0.6 is 23.2 Å². The molecule has 1 saturated heterocycles. The van der Waals surface area contributed by atoms with Crippen molar-refractivity contribution in [1.82, 2.24) is 14.9 Å². The van der Waals surface area contributed by atoms with Crippen molar-refractivity contribution in [3.8, 4) is 0 Å². The maximum atomic E-state index is 13.2. The summed E-state index contributed by atoms with van der Waals surface area (Å²) in [6.07, 6.45) is 0.739. The van der Waals surface area contributed by atoms with Crippen LogP contribution in [0.1, 0.15) is 19.2 Å². The van der Waals surface area contributed by atoms with Crippen molar-refractivity contribution in [1.29, 1.82) is 0 Å². The highest BCUT2D eigenvalue weighted by atomic mass is 35.5. The van der Waals surface area contributed by atoms with Crippen LogP contribution in [0.4, 0.5) is 16.2 Å². The van der Waals surface area contributed by atoms with Crippen LogP contribution in [0.2, 0.25) is 10.0 Å². The van der Waals surface area contributed by atoms with Gasteiger partial charge in [0.25, 0.3) is 5.56 Å². The van der Waals surface area contributed by atoms with E-state index in [9.17, 15) is 9.59 Å². The number of aromatic amines is 1. The number of nitrogens with zero attached hydrogens (tertiary/aromatic N) is 3. The minimum absolute atomic E-state index is 0.144. The summed E-state index contributed by atoms with van der Waals surface area (Å²) in [4.78, 5) is 36.8. The van der Waals surface area contributed by atoms with Crippen LogP contribution in [0.3, 0.4) is 0 Å². The van der Waals surface area contributed by atoms with Crippen molar-refractivity contribution in [2.24, 2.45) is 0 Å². The molecule has 174 valence electrons. The molecule has 10 heteroatoms. The zero-order chi connectivity index (χ0) is 23.4. The molecular weight excluding hydrogens is 465 g/mol. The molecule has 0 unspecified atom stereocenters. The van der Waals surface area contributed by atoms with Crippen LogP contribution in [0.5, 0.6) is 0 Å². The van der Waals surface area contributed by atoms with Gasteiger partial charge in [0.2, 0.25) is 0 Å². The molecule has 2 amide bonds. The molecule has 0 saturated carbocycles. The average Bonchev–Trinajstić information content (AvgIpc) is 2.79. The second-order valence-electron chi connectivity index (χ2n) is 7.79. The topological polar surface area (TPSA) is 90.6 Å². The highest BCUT2D eigenvalue weighted by Gasteiger charge is 2.20. The maximum absolute atomic E-state index is 13.2. The third-order valence-electron chi connectivity index (χ3n) is 5.39. The monoisotopic (exact) mass is 489 g/mol. The van der Waals surface area contributed by atoms with E-state index in [0.29, 0.717) is 52.2 Å². The highest BCUT2D eigenvalue weighted by Crippen LogP contribution is 2.30. The SMILES string of the molecule is CCCN(Cc1nc2cc(Cl)ccc2c(=O)[nH]1)C(=O)Nc1cc(Cl)ccc1N1CCOCC1. The standard InChI is InChI=1S/C23H25Cl2N5O3/c1-2-7-30(14-21-26-18-12-15(24)3-5-17(18)22(31)28-21)23(32)27-19-13-16(25)4-6-20(19)29-8-10-33-11-9-29/h3-6,12-13H,2,7-11,14H2,1H3,(H,27,32)(H,26,28,31). The van der Waals surface area contributed by atoms with Gasteiger partial charge in [0.1, 0.15) is 5.82 Å². The molecule has 2 aromatic carbocycles. The van der Waals surface area contributed by atoms with Crippen LogP contribution in [0.15, 0.2) is 41.2 Å². The average molecular weight is 490 g/mol. The minimum atomic E-state index is -0.303. The molecule has 0 bridgehead atoms. The van der Waals surface area contributed by atoms with Gasteiger partial charge in [0.15, 0.2) is 0 Å². The van der Waals surface area contributed by atoms with Crippen molar-refractivity contribution in [2.75, 3.05) is 43.1 Å². The van der Waals surface area contributed by atoms with E-state index in [2.05, 4.69) is 20.2 Å². The number of carbonyl (C=O) groups is 1. The first-order chi connectivity index (χ1) is 15.9. The Kier molecular flexibility index (Phi) is 7.37.